The van der Waals surface area contributed by atoms with Gasteiger partial charge < -0.3 is 4.90 Å². The van der Waals surface area contributed by atoms with Crippen molar-refractivity contribution in [1.29, 1.82) is 0 Å². The molecule has 0 unspecified atom stereocenters. The molecule has 2 aliphatic rings. The summed E-state index contributed by atoms with van der Waals surface area (Å²) < 4.78 is 0. The number of aromatic nitrogens is 1. The first kappa shape index (κ1) is 16.3. The van der Waals surface area contributed by atoms with Crippen LogP contribution in [0.15, 0.2) is 36.4 Å². The summed E-state index contributed by atoms with van der Waals surface area (Å²) in [5.74, 6) is 1.13. The summed E-state index contributed by atoms with van der Waals surface area (Å²) in [5.41, 5.74) is 1.10. The Kier molecular flexibility index (Phi) is 5.31. The molecule has 1 saturated heterocycles. The molecule has 114 valence electrons. The Labute approximate surface area is 138 Å². The van der Waals surface area contributed by atoms with Crippen LogP contribution in [0.4, 0.5) is 5.82 Å². The SMILES string of the molecule is Cl.Cl.c1ccc2nc(N3CCN(C4CC4)CC3)ccc2c1. The van der Waals surface area contributed by atoms with Gasteiger partial charge in [-0.05, 0) is 31.0 Å². The van der Waals surface area contributed by atoms with Crippen LogP contribution in [-0.2, 0) is 0 Å². The van der Waals surface area contributed by atoms with Crippen LogP contribution < -0.4 is 4.90 Å². The van der Waals surface area contributed by atoms with Gasteiger partial charge in [-0.3, -0.25) is 4.90 Å². The maximum Gasteiger partial charge on any atom is 0.129 e. The van der Waals surface area contributed by atoms with Gasteiger partial charge in [0.1, 0.15) is 5.82 Å². The second kappa shape index (κ2) is 6.82. The molecule has 1 aliphatic heterocycles. The van der Waals surface area contributed by atoms with Gasteiger partial charge in [-0.1, -0.05) is 18.2 Å². The molecule has 0 atom stereocenters. The quantitative estimate of drug-likeness (QED) is 0.844. The predicted molar refractivity (Wildman–Crippen MR) is 93.0 cm³/mol. The van der Waals surface area contributed by atoms with Gasteiger partial charge in [0.25, 0.3) is 0 Å². The lowest BCUT2D eigenvalue weighted by Crippen LogP contribution is -2.47. The second-order valence-electron chi connectivity index (χ2n) is 5.62. The molecule has 21 heavy (non-hydrogen) atoms. The molecule has 0 radical (unpaired) electrons. The first-order chi connectivity index (χ1) is 9.40. The van der Waals surface area contributed by atoms with Crippen molar-refractivity contribution in [2.24, 2.45) is 0 Å². The number of benzene rings is 1. The van der Waals surface area contributed by atoms with Crippen LogP contribution in [0.1, 0.15) is 12.8 Å². The fourth-order valence-corrected chi connectivity index (χ4v) is 2.99. The maximum absolute atomic E-state index is 4.79. The molecular weight excluding hydrogens is 305 g/mol. The smallest absolute Gasteiger partial charge is 0.129 e. The number of halogens is 2. The van der Waals surface area contributed by atoms with Gasteiger partial charge >= 0.3 is 0 Å². The fourth-order valence-electron chi connectivity index (χ4n) is 2.99. The van der Waals surface area contributed by atoms with Crippen molar-refractivity contribution in [3.63, 3.8) is 0 Å². The third-order valence-electron chi connectivity index (χ3n) is 4.29. The van der Waals surface area contributed by atoms with Gasteiger partial charge in [0.15, 0.2) is 0 Å². The van der Waals surface area contributed by atoms with E-state index in [1.807, 2.05) is 0 Å². The van der Waals surface area contributed by atoms with Crippen LogP contribution in [0.2, 0.25) is 0 Å². The predicted octanol–water partition coefficient (Wildman–Crippen LogP) is 3.36. The van der Waals surface area contributed by atoms with E-state index in [0.717, 1.165) is 30.5 Å². The molecule has 0 N–H and O–H groups in total. The molecule has 1 aliphatic carbocycles. The van der Waals surface area contributed by atoms with E-state index in [2.05, 4.69) is 46.2 Å². The molecular formula is C16H21Cl2N3. The fraction of sp³-hybridized carbons (Fsp3) is 0.438. The lowest BCUT2D eigenvalue weighted by atomic mass is 10.2. The minimum absolute atomic E-state index is 0. The number of rotatable bonds is 2. The zero-order valence-electron chi connectivity index (χ0n) is 11.9. The Hall–Kier alpha value is -1.03. The minimum atomic E-state index is 0. The van der Waals surface area contributed by atoms with E-state index in [1.54, 1.807) is 0 Å². The molecule has 1 aromatic heterocycles. The number of nitrogens with zero attached hydrogens (tertiary/aromatic N) is 3. The average molecular weight is 326 g/mol. The number of hydrogen-bond donors (Lipinski definition) is 0. The maximum atomic E-state index is 4.79. The third kappa shape index (κ3) is 3.42. The van der Waals surface area contributed by atoms with Crippen LogP contribution in [0.5, 0.6) is 0 Å². The highest BCUT2D eigenvalue weighted by atomic mass is 35.5. The van der Waals surface area contributed by atoms with E-state index < -0.39 is 0 Å². The summed E-state index contributed by atoms with van der Waals surface area (Å²) in [7, 11) is 0. The van der Waals surface area contributed by atoms with Crippen molar-refractivity contribution < 1.29 is 0 Å². The van der Waals surface area contributed by atoms with Crippen molar-refractivity contribution in [3.05, 3.63) is 36.4 Å². The molecule has 0 bridgehead atoms. The molecule has 2 aromatic rings. The van der Waals surface area contributed by atoms with Gasteiger partial charge in [-0.2, -0.15) is 0 Å². The van der Waals surface area contributed by atoms with Crippen molar-refractivity contribution in [2.45, 2.75) is 18.9 Å². The summed E-state index contributed by atoms with van der Waals surface area (Å²) in [6.07, 6.45) is 2.82. The molecule has 1 aromatic carbocycles. The zero-order chi connectivity index (χ0) is 12.7. The molecule has 2 heterocycles. The molecule has 1 saturated carbocycles. The molecule has 0 spiro atoms. The summed E-state index contributed by atoms with van der Waals surface area (Å²) in [4.78, 5) is 9.85. The lowest BCUT2D eigenvalue weighted by Gasteiger charge is -2.35. The van der Waals surface area contributed by atoms with Crippen molar-refractivity contribution >= 4 is 41.5 Å². The highest BCUT2D eigenvalue weighted by molar-refractivity contribution is 5.85. The Bertz CT molecular complexity index is 593. The Morgan fingerprint density at radius 1 is 0.857 bits per heavy atom. The van der Waals surface area contributed by atoms with Gasteiger partial charge in [0, 0.05) is 37.6 Å². The highest BCUT2D eigenvalue weighted by Crippen LogP contribution is 2.28. The molecule has 2 fully saturated rings. The van der Waals surface area contributed by atoms with Gasteiger partial charge in [-0.15, -0.1) is 24.8 Å². The van der Waals surface area contributed by atoms with E-state index in [-0.39, 0.29) is 24.8 Å². The van der Waals surface area contributed by atoms with E-state index in [0.29, 0.717) is 0 Å². The van der Waals surface area contributed by atoms with Crippen LogP contribution in [0, 0.1) is 0 Å². The third-order valence-corrected chi connectivity index (χ3v) is 4.29. The summed E-state index contributed by atoms with van der Waals surface area (Å²) in [6.45, 7) is 4.61. The number of fused-ring (bicyclic) bond motifs is 1. The topological polar surface area (TPSA) is 19.4 Å². The number of piperazine rings is 1. The van der Waals surface area contributed by atoms with Crippen LogP contribution in [0.25, 0.3) is 10.9 Å². The van der Waals surface area contributed by atoms with E-state index in [4.69, 9.17) is 4.98 Å². The number of anilines is 1. The number of hydrogen-bond acceptors (Lipinski definition) is 3. The van der Waals surface area contributed by atoms with E-state index in [1.165, 1.54) is 31.3 Å². The second-order valence-corrected chi connectivity index (χ2v) is 5.62. The monoisotopic (exact) mass is 325 g/mol. The van der Waals surface area contributed by atoms with Gasteiger partial charge in [0.2, 0.25) is 0 Å². The minimum Gasteiger partial charge on any atom is -0.354 e. The summed E-state index contributed by atoms with van der Waals surface area (Å²) in [6, 6.07) is 13.6. The standard InChI is InChI=1S/C16H19N3.2ClH/c1-2-4-15-13(3-1)5-8-16(17-15)19-11-9-18(10-12-19)14-6-7-14;;/h1-5,8,14H,6-7,9-12H2;2*1H. The number of para-hydroxylation sites is 1. The molecule has 3 nitrogen and oxygen atoms in total. The van der Waals surface area contributed by atoms with Crippen LogP contribution in [-0.4, -0.2) is 42.1 Å². The summed E-state index contributed by atoms with van der Waals surface area (Å²) >= 11 is 0. The average Bonchev–Trinajstić information content (AvgIpc) is 3.32. The Morgan fingerprint density at radius 3 is 2.29 bits per heavy atom. The first-order valence-electron chi connectivity index (χ1n) is 7.25. The van der Waals surface area contributed by atoms with E-state index in [9.17, 15) is 0 Å². The van der Waals surface area contributed by atoms with Crippen LogP contribution >= 0.6 is 24.8 Å². The zero-order valence-corrected chi connectivity index (χ0v) is 13.6. The van der Waals surface area contributed by atoms with Gasteiger partial charge in [0.05, 0.1) is 5.52 Å². The number of pyridine rings is 1. The highest BCUT2D eigenvalue weighted by Gasteiger charge is 2.31. The molecule has 5 heteroatoms. The van der Waals surface area contributed by atoms with Crippen molar-refractivity contribution in [1.82, 2.24) is 9.88 Å². The Morgan fingerprint density at radius 2 is 1.57 bits per heavy atom. The van der Waals surface area contributed by atoms with Crippen molar-refractivity contribution in [3.8, 4) is 0 Å². The molecule has 4 rings (SSSR count). The summed E-state index contributed by atoms with van der Waals surface area (Å²) in [5, 5.41) is 1.22. The van der Waals surface area contributed by atoms with Gasteiger partial charge in [-0.25, -0.2) is 4.98 Å². The molecule has 0 amide bonds. The first-order valence-corrected chi connectivity index (χ1v) is 7.25. The van der Waals surface area contributed by atoms with Crippen molar-refractivity contribution in [2.75, 3.05) is 31.1 Å². The lowest BCUT2D eigenvalue weighted by molar-refractivity contribution is 0.247. The van der Waals surface area contributed by atoms with Crippen LogP contribution in [0.3, 0.4) is 0 Å². The Balaban J connectivity index is 0.000000807. The van der Waals surface area contributed by atoms with E-state index >= 15 is 0 Å². The normalized spacial score (nSPS) is 19.0. The largest absolute Gasteiger partial charge is 0.354 e.